The summed E-state index contributed by atoms with van der Waals surface area (Å²) in [5.41, 5.74) is 0.690. The first-order valence-corrected chi connectivity index (χ1v) is 11.0. The highest BCUT2D eigenvalue weighted by Gasteiger charge is 2.51. The predicted octanol–water partition coefficient (Wildman–Crippen LogP) is 1.85. The highest BCUT2D eigenvalue weighted by Crippen LogP contribution is 2.30. The van der Waals surface area contributed by atoms with Gasteiger partial charge in [-0.25, -0.2) is 4.79 Å². The summed E-state index contributed by atoms with van der Waals surface area (Å²) in [6, 6.07) is 16.3. The van der Waals surface area contributed by atoms with Gasteiger partial charge >= 0.3 is 6.09 Å². The summed E-state index contributed by atoms with van der Waals surface area (Å²) in [5, 5.41) is 22.4. The average molecular weight is 470 g/mol. The fourth-order valence-electron chi connectivity index (χ4n) is 4.14. The highest BCUT2D eigenvalue weighted by atomic mass is 16.5. The first-order valence-electron chi connectivity index (χ1n) is 11.0. The molecule has 0 saturated carbocycles. The van der Waals surface area contributed by atoms with E-state index in [0.29, 0.717) is 6.54 Å². The van der Waals surface area contributed by atoms with Crippen LogP contribution in [0, 0.1) is 0 Å². The average Bonchev–Trinajstić information content (AvgIpc) is 3.13. The number of likely N-dealkylation sites (N-methyl/N-ethyl adjacent to an activating group) is 1. The molecule has 2 aromatic rings. The number of hydrogen-bond acceptors (Lipinski definition) is 5. The Balaban J connectivity index is 1.79. The van der Waals surface area contributed by atoms with Gasteiger partial charge in [0.25, 0.3) is 5.91 Å². The Kier molecular flexibility index (Phi) is 7.90. The van der Waals surface area contributed by atoms with Crippen LogP contribution in [0.25, 0.3) is 0 Å². The van der Waals surface area contributed by atoms with Gasteiger partial charge in [0.2, 0.25) is 5.91 Å². The molecule has 9 heteroatoms. The number of carbonyl (C=O) groups excluding carboxylic acids is 2. The fraction of sp³-hybridized carbons (Fsp3) is 0.400. The van der Waals surface area contributed by atoms with Crippen molar-refractivity contribution in [1.29, 1.82) is 0 Å². The van der Waals surface area contributed by atoms with E-state index in [9.17, 15) is 24.6 Å². The Morgan fingerprint density at radius 1 is 1.09 bits per heavy atom. The van der Waals surface area contributed by atoms with Gasteiger partial charge in [-0.15, -0.1) is 0 Å². The van der Waals surface area contributed by atoms with Crippen LogP contribution in [0.1, 0.15) is 25.0 Å². The third kappa shape index (κ3) is 5.92. The molecule has 3 atom stereocenters. The van der Waals surface area contributed by atoms with Crippen molar-refractivity contribution in [3.05, 3.63) is 71.8 Å². The number of carbonyl (C=O) groups is 3. The normalized spacial score (nSPS) is 18.7. The van der Waals surface area contributed by atoms with Crippen molar-refractivity contribution < 1.29 is 29.3 Å². The maximum Gasteiger partial charge on any atom is 0.404 e. The van der Waals surface area contributed by atoms with E-state index in [0.717, 1.165) is 11.1 Å². The van der Waals surface area contributed by atoms with Crippen LogP contribution >= 0.6 is 0 Å². The molecule has 3 N–H and O–H groups in total. The second kappa shape index (κ2) is 10.7. The lowest BCUT2D eigenvalue weighted by atomic mass is 9.95. The molecule has 0 bridgehead atoms. The summed E-state index contributed by atoms with van der Waals surface area (Å²) in [6.45, 7) is 3.57. The number of nitrogens with one attached hydrogen (secondary N) is 1. The van der Waals surface area contributed by atoms with Gasteiger partial charge in [-0.1, -0.05) is 60.7 Å². The molecule has 0 aliphatic carbocycles. The van der Waals surface area contributed by atoms with Crippen molar-refractivity contribution in [3.8, 4) is 0 Å². The summed E-state index contributed by atoms with van der Waals surface area (Å²) in [5.74, 6) is -1.11. The van der Waals surface area contributed by atoms with Gasteiger partial charge in [0.05, 0.1) is 11.6 Å². The molecule has 1 aliphatic rings. The van der Waals surface area contributed by atoms with E-state index in [1.54, 1.807) is 45.2 Å². The molecule has 182 valence electrons. The van der Waals surface area contributed by atoms with E-state index in [-0.39, 0.29) is 19.1 Å². The van der Waals surface area contributed by atoms with Gasteiger partial charge in [0.15, 0.2) is 6.10 Å². The van der Waals surface area contributed by atoms with Crippen LogP contribution in [0.5, 0.6) is 0 Å². The van der Waals surface area contributed by atoms with Crippen LogP contribution in [0.15, 0.2) is 60.7 Å². The number of ether oxygens (including phenoxy) is 1. The summed E-state index contributed by atoms with van der Waals surface area (Å²) in [7, 11) is 1.65. The molecular weight excluding hydrogens is 438 g/mol. The third-order valence-electron chi connectivity index (χ3n) is 5.94. The number of benzene rings is 2. The molecule has 1 aliphatic heterocycles. The number of aliphatic hydroxyl groups is 1. The van der Waals surface area contributed by atoms with Crippen molar-refractivity contribution in [2.45, 2.75) is 50.6 Å². The Morgan fingerprint density at radius 2 is 1.65 bits per heavy atom. The van der Waals surface area contributed by atoms with E-state index in [4.69, 9.17) is 4.74 Å². The van der Waals surface area contributed by atoms with Crippen LogP contribution in [-0.2, 0) is 27.3 Å². The first-order chi connectivity index (χ1) is 16.1. The standard InChI is InChI=1S/C25H31N3O6/c1-25(2)21(23(31)27(3)15-18-12-8-5-9-13-18)28(16-34-25)22(30)20(29)19(26-24(32)33)14-17-10-6-4-7-11-17/h4-13,19-21,26,29H,14-16H2,1-3H3,(H,32,33)/t19-,20-,21?/m0/s1. The molecule has 3 amide bonds. The molecular formula is C25H31N3O6. The predicted molar refractivity (Wildman–Crippen MR) is 125 cm³/mol. The smallest absolute Gasteiger partial charge is 0.404 e. The minimum atomic E-state index is -1.71. The van der Waals surface area contributed by atoms with Gasteiger partial charge in [0, 0.05) is 13.6 Å². The quantitative estimate of drug-likeness (QED) is 0.543. The molecule has 2 aromatic carbocycles. The van der Waals surface area contributed by atoms with Gasteiger partial charge in [0.1, 0.15) is 12.8 Å². The molecule has 9 nitrogen and oxygen atoms in total. The lowest BCUT2D eigenvalue weighted by Crippen LogP contribution is -2.58. The Hall–Kier alpha value is -3.43. The topological polar surface area (TPSA) is 119 Å². The molecule has 34 heavy (non-hydrogen) atoms. The van der Waals surface area contributed by atoms with E-state index in [1.807, 2.05) is 36.4 Å². The Labute approximate surface area is 198 Å². The summed E-state index contributed by atoms with van der Waals surface area (Å²) in [6.07, 6.45) is -2.96. The Morgan fingerprint density at radius 3 is 2.21 bits per heavy atom. The van der Waals surface area contributed by atoms with Crippen molar-refractivity contribution in [3.63, 3.8) is 0 Å². The highest BCUT2D eigenvalue weighted by molar-refractivity contribution is 5.91. The fourth-order valence-corrected chi connectivity index (χ4v) is 4.14. The number of rotatable bonds is 8. The van der Waals surface area contributed by atoms with Gasteiger partial charge in [-0.05, 0) is 31.4 Å². The van der Waals surface area contributed by atoms with Gasteiger partial charge in [-0.2, -0.15) is 0 Å². The molecule has 1 saturated heterocycles. The van der Waals surface area contributed by atoms with E-state index in [2.05, 4.69) is 5.32 Å². The zero-order valence-electron chi connectivity index (χ0n) is 19.5. The zero-order chi connectivity index (χ0) is 24.9. The van der Waals surface area contributed by atoms with E-state index >= 15 is 0 Å². The van der Waals surface area contributed by atoms with Crippen molar-refractivity contribution in [2.24, 2.45) is 0 Å². The number of hydrogen-bond donors (Lipinski definition) is 3. The van der Waals surface area contributed by atoms with Crippen LogP contribution < -0.4 is 5.32 Å². The van der Waals surface area contributed by atoms with Gasteiger partial charge < -0.3 is 30.1 Å². The van der Waals surface area contributed by atoms with Crippen LogP contribution in [-0.4, -0.2) is 75.5 Å². The van der Waals surface area contributed by atoms with Crippen LogP contribution in [0.2, 0.25) is 0 Å². The van der Waals surface area contributed by atoms with Crippen LogP contribution in [0.4, 0.5) is 4.79 Å². The summed E-state index contributed by atoms with van der Waals surface area (Å²) >= 11 is 0. The zero-order valence-corrected chi connectivity index (χ0v) is 19.5. The minimum absolute atomic E-state index is 0.102. The maximum atomic E-state index is 13.4. The minimum Gasteiger partial charge on any atom is -0.465 e. The Bertz CT molecular complexity index is 998. The molecule has 0 radical (unpaired) electrons. The van der Waals surface area contributed by atoms with E-state index < -0.39 is 35.8 Å². The largest absolute Gasteiger partial charge is 0.465 e. The molecule has 0 spiro atoms. The summed E-state index contributed by atoms with van der Waals surface area (Å²) in [4.78, 5) is 40.8. The number of carboxylic acid groups (broad SMARTS) is 1. The first kappa shape index (κ1) is 25.2. The van der Waals surface area contributed by atoms with Gasteiger partial charge in [-0.3, -0.25) is 9.59 Å². The lowest BCUT2D eigenvalue weighted by molar-refractivity contribution is -0.150. The number of nitrogens with zero attached hydrogens (tertiary/aromatic N) is 2. The van der Waals surface area contributed by atoms with E-state index in [1.165, 1.54) is 9.80 Å². The third-order valence-corrected chi connectivity index (χ3v) is 5.94. The number of aliphatic hydroxyl groups excluding tert-OH is 1. The van der Waals surface area contributed by atoms with Crippen molar-refractivity contribution in [1.82, 2.24) is 15.1 Å². The van der Waals surface area contributed by atoms with Crippen molar-refractivity contribution in [2.75, 3.05) is 13.8 Å². The molecule has 1 unspecified atom stereocenters. The van der Waals surface area contributed by atoms with Crippen molar-refractivity contribution >= 4 is 17.9 Å². The second-order valence-electron chi connectivity index (χ2n) is 8.96. The molecule has 3 rings (SSSR count). The second-order valence-corrected chi connectivity index (χ2v) is 8.96. The monoisotopic (exact) mass is 469 g/mol. The van der Waals surface area contributed by atoms with Crippen LogP contribution in [0.3, 0.4) is 0 Å². The maximum absolute atomic E-state index is 13.4. The molecule has 1 heterocycles. The number of amides is 3. The SMILES string of the molecule is CN(Cc1ccccc1)C(=O)C1N(C(=O)[C@@H](O)[C@H](Cc2ccccc2)NC(=O)O)COC1(C)C. The molecule has 1 fully saturated rings. The molecule has 0 aromatic heterocycles. The summed E-state index contributed by atoms with van der Waals surface area (Å²) < 4.78 is 5.75. The lowest BCUT2D eigenvalue weighted by Gasteiger charge is -2.34.